The largest absolute Gasteiger partial charge is 0.417 e. The molecule has 8 heteroatoms. The molecule has 0 spiro atoms. The van der Waals surface area contributed by atoms with E-state index in [1.54, 1.807) is 0 Å². The fraction of sp³-hybridized carbons (Fsp3) is 0.143. The van der Waals surface area contributed by atoms with Crippen molar-refractivity contribution in [3.63, 3.8) is 0 Å². The second-order valence-electron chi connectivity index (χ2n) is 4.65. The van der Waals surface area contributed by atoms with E-state index in [-0.39, 0.29) is 21.8 Å². The normalized spacial score (nSPS) is 13.0. The zero-order valence-electron chi connectivity index (χ0n) is 10.6. The summed E-state index contributed by atoms with van der Waals surface area (Å²) in [5.74, 6) is 0. The Morgan fingerprint density at radius 2 is 1.00 bits per heavy atom. The maximum Gasteiger partial charge on any atom is 0.417 e. The fourth-order valence-corrected chi connectivity index (χ4v) is 2.10. The van der Waals surface area contributed by atoms with E-state index in [2.05, 4.69) is 9.97 Å². The van der Waals surface area contributed by atoms with Crippen molar-refractivity contribution < 1.29 is 26.3 Å². The quantitative estimate of drug-likeness (QED) is 0.439. The van der Waals surface area contributed by atoms with Crippen LogP contribution in [0.25, 0.3) is 21.8 Å². The SMILES string of the molecule is FC(F)(F)c1cnc2c(ccc3cc(C(F)(F)F)cnc32)c1. The van der Waals surface area contributed by atoms with Crippen molar-refractivity contribution in [1.29, 1.82) is 0 Å². The van der Waals surface area contributed by atoms with Crippen LogP contribution < -0.4 is 0 Å². The third-order valence-corrected chi connectivity index (χ3v) is 3.16. The van der Waals surface area contributed by atoms with Crippen molar-refractivity contribution in [1.82, 2.24) is 9.97 Å². The minimum Gasteiger partial charge on any atom is -0.253 e. The van der Waals surface area contributed by atoms with E-state index in [1.165, 1.54) is 12.1 Å². The van der Waals surface area contributed by atoms with Crippen LogP contribution in [0.4, 0.5) is 26.3 Å². The molecule has 0 saturated carbocycles. The molecule has 2 aromatic heterocycles. The maximum absolute atomic E-state index is 12.6. The van der Waals surface area contributed by atoms with Crippen molar-refractivity contribution in [3.05, 3.63) is 47.8 Å². The highest BCUT2D eigenvalue weighted by molar-refractivity contribution is 6.02. The first-order chi connectivity index (χ1) is 10.2. The van der Waals surface area contributed by atoms with E-state index in [0.717, 1.165) is 12.1 Å². The molecule has 0 unspecified atom stereocenters. The van der Waals surface area contributed by atoms with Crippen LogP contribution in [-0.4, -0.2) is 9.97 Å². The van der Waals surface area contributed by atoms with E-state index in [9.17, 15) is 26.3 Å². The number of hydrogen-bond acceptors (Lipinski definition) is 2. The Morgan fingerprint density at radius 3 is 1.32 bits per heavy atom. The first-order valence-corrected chi connectivity index (χ1v) is 5.99. The molecule has 0 atom stereocenters. The van der Waals surface area contributed by atoms with Gasteiger partial charge in [0.05, 0.1) is 22.2 Å². The predicted molar refractivity (Wildman–Crippen MR) is 67.0 cm³/mol. The summed E-state index contributed by atoms with van der Waals surface area (Å²) in [4.78, 5) is 7.41. The van der Waals surface area contributed by atoms with Crippen LogP contribution in [0.1, 0.15) is 11.1 Å². The Hall–Kier alpha value is -2.38. The highest BCUT2D eigenvalue weighted by Gasteiger charge is 2.32. The molecule has 3 rings (SSSR count). The Labute approximate surface area is 119 Å². The molecule has 0 bridgehead atoms. The molecule has 0 saturated heterocycles. The topological polar surface area (TPSA) is 25.8 Å². The van der Waals surface area contributed by atoms with Crippen LogP contribution in [0.15, 0.2) is 36.7 Å². The molecule has 114 valence electrons. The molecule has 0 fully saturated rings. The van der Waals surface area contributed by atoms with Gasteiger partial charge in [-0.3, -0.25) is 9.97 Å². The minimum absolute atomic E-state index is 0.124. The van der Waals surface area contributed by atoms with E-state index in [1.807, 2.05) is 0 Å². The summed E-state index contributed by atoms with van der Waals surface area (Å²) < 4.78 is 75.8. The number of nitrogens with zero attached hydrogens (tertiary/aromatic N) is 2. The molecule has 0 N–H and O–H groups in total. The fourth-order valence-electron chi connectivity index (χ4n) is 2.10. The van der Waals surface area contributed by atoms with Gasteiger partial charge in [-0.05, 0) is 12.1 Å². The predicted octanol–water partition coefficient (Wildman–Crippen LogP) is 4.82. The lowest BCUT2D eigenvalue weighted by Crippen LogP contribution is -2.06. The number of alkyl halides is 6. The molecule has 0 amide bonds. The minimum atomic E-state index is -4.54. The third-order valence-electron chi connectivity index (χ3n) is 3.16. The number of aromatic nitrogens is 2. The lowest BCUT2D eigenvalue weighted by Gasteiger charge is -2.10. The van der Waals surface area contributed by atoms with Gasteiger partial charge in [0.25, 0.3) is 0 Å². The average molecular weight is 316 g/mol. The first-order valence-electron chi connectivity index (χ1n) is 5.99. The Morgan fingerprint density at radius 1 is 0.636 bits per heavy atom. The lowest BCUT2D eigenvalue weighted by atomic mass is 10.1. The number of fused-ring (bicyclic) bond motifs is 3. The third kappa shape index (κ3) is 2.44. The summed E-state index contributed by atoms with van der Waals surface area (Å²) in [5, 5.41) is 0.323. The molecule has 0 aliphatic heterocycles. The van der Waals surface area contributed by atoms with Gasteiger partial charge in [-0.2, -0.15) is 26.3 Å². The van der Waals surface area contributed by atoms with Crippen LogP contribution in [0, 0.1) is 0 Å². The molecule has 22 heavy (non-hydrogen) atoms. The summed E-state index contributed by atoms with van der Waals surface area (Å²) in [7, 11) is 0. The maximum atomic E-state index is 12.6. The zero-order chi connectivity index (χ0) is 16.1. The van der Waals surface area contributed by atoms with Gasteiger partial charge < -0.3 is 0 Å². The van der Waals surface area contributed by atoms with Crippen molar-refractivity contribution in [2.24, 2.45) is 0 Å². The van der Waals surface area contributed by atoms with Gasteiger partial charge >= 0.3 is 12.4 Å². The van der Waals surface area contributed by atoms with Crippen molar-refractivity contribution >= 4 is 21.8 Å². The summed E-state index contributed by atoms with van der Waals surface area (Å²) in [6.07, 6.45) is -7.80. The molecule has 0 aliphatic carbocycles. The van der Waals surface area contributed by atoms with Crippen molar-refractivity contribution in [2.45, 2.75) is 12.4 Å². The molecule has 1 aromatic carbocycles. The molecule has 2 heterocycles. The van der Waals surface area contributed by atoms with E-state index in [0.29, 0.717) is 12.4 Å². The Balaban J connectivity index is 2.24. The molecule has 3 aromatic rings. The zero-order valence-corrected chi connectivity index (χ0v) is 10.6. The van der Waals surface area contributed by atoms with Crippen LogP contribution >= 0.6 is 0 Å². The molecular weight excluding hydrogens is 310 g/mol. The van der Waals surface area contributed by atoms with Crippen molar-refractivity contribution in [2.75, 3.05) is 0 Å². The van der Waals surface area contributed by atoms with E-state index >= 15 is 0 Å². The molecule has 0 aliphatic rings. The summed E-state index contributed by atoms with van der Waals surface area (Å²) in [6.45, 7) is 0. The average Bonchev–Trinajstić information content (AvgIpc) is 2.44. The summed E-state index contributed by atoms with van der Waals surface area (Å²) in [6, 6.07) is 4.37. The highest BCUT2D eigenvalue weighted by Crippen LogP contribution is 2.34. The number of hydrogen-bond donors (Lipinski definition) is 0. The summed E-state index contributed by atoms with van der Waals surface area (Å²) in [5.41, 5.74) is -1.60. The van der Waals surface area contributed by atoms with Crippen LogP contribution in [-0.2, 0) is 12.4 Å². The number of halogens is 6. The molecule has 2 nitrogen and oxygen atoms in total. The van der Waals surface area contributed by atoms with Crippen LogP contribution in [0.3, 0.4) is 0 Å². The van der Waals surface area contributed by atoms with Gasteiger partial charge in [0.15, 0.2) is 0 Å². The van der Waals surface area contributed by atoms with Gasteiger partial charge in [-0.1, -0.05) is 12.1 Å². The summed E-state index contributed by atoms with van der Waals surface area (Å²) >= 11 is 0. The van der Waals surface area contributed by atoms with Crippen LogP contribution in [0.2, 0.25) is 0 Å². The van der Waals surface area contributed by atoms with Gasteiger partial charge in [-0.15, -0.1) is 0 Å². The molecular formula is C14H6F6N2. The Kier molecular flexibility index (Phi) is 3.01. The van der Waals surface area contributed by atoms with Crippen molar-refractivity contribution in [3.8, 4) is 0 Å². The molecule has 0 radical (unpaired) electrons. The Bertz CT molecular complexity index is 794. The van der Waals surface area contributed by atoms with Gasteiger partial charge in [-0.25, -0.2) is 0 Å². The number of benzene rings is 1. The number of pyridine rings is 2. The van der Waals surface area contributed by atoms with E-state index < -0.39 is 23.5 Å². The smallest absolute Gasteiger partial charge is 0.253 e. The second kappa shape index (κ2) is 4.56. The van der Waals surface area contributed by atoms with E-state index in [4.69, 9.17) is 0 Å². The van der Waals surface area contributed by atoms with Gasteiger partial charge in [0, 0.05) is 23.2 Å². The van der Waals surface area contributed by atoms with Gasteiger partial charge in [0.1, 0.15) is 0 Å². The first kappa shape index (κ1) is 14.6. The standard InChI is InChI=1S/C14H6F6N2/c15-13(16,17)9-3-7-1-2-8-4-10(14(18,19)20)6-22-12(8)11(7)21-5-9/h1-6H. The number of rotatable bonds is 0. The monoisotopic (exact) mass is 316 g/mol. The van der Waals surface area contributed by atoms with Gasteiger partial charge in [0.2, 0.25) is 0 Å². The van der Waals surface area contributed by atoms with Crippen LogP contribution in [0.5, 0.6) is 0 Å². The lowest BCUT2D eigenvalue weighted by molar-refractivity contribution is -0.138. The second-order valence-corrected chi connectivity index (χ2v) is 4.65. The highest BCUT2D eigenvalue weighted by atomic mass is 19.4.